The van der Waals surface area contributed by atoms with Crippen LogP contribution in [0.1, 0.15) is 29.0 Å². The third-order valence-corrected chi connectivity index (χ3v) is 5.85. The molecule has 2 aromatic carbocycles. The first-order valence-electron chi connectivity index (χ1n) is 9.71. The van der Waals surface area contributed by atoms with Crippen molar-refractivity contribution in [3.63, 3.8) is 0 Å². The Balaban J connectivity index is 1.52. The highest BCUT2D eigenvalue weighted by Gasteiger charge is 2.35. The van der Waals surface area contributed by atoms with Gasteiger partial charge in [0, 0.05) is 12.6 Å². The van der Waals surface area contributed by atoms with Crippen molar-refractivity contribution < 1.29 is 4.79 Å². The van der Waals surface area contributed by atoms with E-state index in [4.69, 9.17) is 0 Å². The lowest BCUT2D eigenvalue weighted by Crippen LogP contribution is -2.33. The van der Waals surface area contributed by atoms with Gasteiger partial charge >= 0.3 is 0 Å². The second-order valence-corrected chi connectivity index (χ2v) is 8.08. The van der Waals surface area contributed by atoms with Gasteiger partial charge in [0.25, 0.3) is 5.91 Å². The predicted octanol–water partition coefficient (Wildman–Crippen LogP) is 4.80. The number of nitrogens with zero attached hydrogens (tertiary/aromatic N) is 4. The maximum atomic E-state index is 13.4. The van der Waals surface area contributed by atoms with Crippen LogP contribution in [0, 0.1) is 0 Å². The number of carbonyl (C=O) groups is 1. The van der Waals surface area contributed by atoms with Crippen molar-refractivity contribution in [3.05, 3.63) is 89.6 Å². The van der Waals surface area contributed by atoms with Crippen LogP contribution in [0.5, 0.6) is 0 Å². The van der Waals surface area contributed by atoms with Crippen LogP contribution in [0.3, 0.4) is 0 Å². The summed E-state index contributed by atoms with van der Waals surface area (Å²) in [6.45, 7) is 0.582. The van der Waals surface area contributed by atoms with Crippen molar-refractivity contribution in [1.29, 1.82) is 0 Å². The van der Waals surface area contributed by atoms with Crippen LogP contribution in [0.2, 0.25) is 0 Å². The minimum Gasteiger partial charge on any atom is -0.329 e. The molecule has 0 aliphatic heterocycles. The number of amides is 1. The molecule has 0 radical (unpaired) electrons. The van der Waals surface area contributed by atoms with Gasteiger partial charge in [-0.3, -0.25) is 4.79 Å². The Hall–Kier alpha value is -3.25. The zero-order chi connectivity index (χ0) is 19.6. The maximum Gasteiger partial charge on any atom is 0.294 e. The monoisotopic (exact) mass is 400 g/mol. The molecule has 1 aliphatic carbocycles. The Bertz CT molecular complexity index is 1100. The van der Waals surface area contributed by atoms with E-state index in [2.05, 4.69) is 22.2 Å². The van der Waals surface area contributed by atoms with Crippen molar-refractivity contribution in [2.24, 2.45) is 0 Å². The van der Waals surface area contributed by atoms with E-state index in [1.54, 1.807) is 16.0 Å². The smallest absolute Gasteiger partial charge is 0.294 e. The highest BCUT2D eigenvalue weighted by Crippen LogP contribution is 2.31. The van der Waals surface area contributed by atoms with Gasteiger partial charge in [0.2, 0.25) is 5.82 Å². The minimum absolute atomic E-state index is 0.108. The van der Waals surface area contributed by atoms with E-state index in [0.29, 0.717) is 12.4 Å². The second-order valence-electron chi connectivity index (χ2n) is 7.13. The molecule has 5 rings (SSSR count). The van der Waals surface area contributed by atoms with Crippen molar-refractivity contribution in [2.75, 3.05) is 0 Å². The number of para-hydroxylation sites is 1. The van der Waals surface area contributed by atoms with Crippen LogP contribution >= 0.6 is 11.3 Å². The molecule has 1 saturated carbocycles. The van der Waals surface area contributed by atoms with E-state index in [1.807, 2.05) is 70.9 Å². The summed E-state index contributed by atoms with van der Waals surface area (Å²) in [6, 6.07) is 24.2. The van der Waals surface area contributed by atoms with Gasteiger partial charge in [0.05, 0.1) is 10.6 Å². The number of hydrogen-bond donors (Lipinski definition) is 0. The molecular weight excluding hydrogens is 380 g/mol. The summed E-state index contributed by atoms with van der Waals surface area (Å²) in [6.07, 6.45) is 2.07. The fourth-order valence-corrected chi connectivity index (χ4v) is 4.08. The zero-order valence-electron chi connectivity index (χ0n) is 15.8. The number of carbonyl (C=O) groups excluding carboxylic acids is 1. The number of benzene rings is 2. The summed E-state index contributed by atoms with van der Waals surface area (Å²) in [5.41, 5.74) is 2.01. The Morgan fingerprint density at radius 2 is 1.72 bits per heavy atom. The average molecular weight is 401 g/mol. The van der Waals surface area contributed by atoms with Crippen molar-refractivity contribution >= 4 is 17.2 Å². The van der Waals surface area contributed by atoms with Crippen LogP contribution in [-0.2, 0) is 6.54 Å². The third kappa shape index (κ3) is 3.71. The molecule has 2 heterocycles. The number of thiophene rings is 1. The fraction of sp³-hybridized carbons (Fsp3) is 0.174. The maximum absolute atomic E-state index is 13.4. The lowest BCUT2D eigenvalue weighted by Gasteiger charge is -2.21. The summed E-state index contributed by atoms with van der Waals surface area (Å²) in [7, 11) is 0. The Labute approximate surface area is 173 Å². The van der Waals surface area contributed by atoms with Gasteiger partial charge in [-0.05, 0) is 42.0 Å². The summed E-state index contributed by atoms with van der Waals surface area (Å²) in [5.74, 6) is 0.842. The Morgan fingerprint density at radius 1 is 1.00 bits per heavy atom. The normalized spacial score (nSPS) is 13.4. The molecule has 1 amide bonds. The third-order valence-electron chi connectivity index (χ3n) is 4.99. The molecule has 0 bridgehead atoms. The molecule has 1 aliphatic rings. The number of hydrogen-bond acceptors (Lipinski definition) is 4. The van der Waals surface area contributed by atoms with Crippen LogP contribution in [0.25, 0.3) is 16.4 Å². The molecule has 0 spiro atoms. The Morgan fingerprint density at radius 3 is 2.38 bits per heavy atom. The van der Waals surface area contributed by atoms with E-state index in [-0.39, 0.29) is 17.8 Å². The van der Waals surface area contributed by atoms with E-state index in [0.717, 1.165) is 29.0 Å². The van der Waals surface area contributed by atoms with Crippen LogP contribution in [0.4, 0.5) is 0 Å². The van der Waals surface area contributed by atoms with E-state index >= 15 is 0 Å². The van der Waals surface area contributed by atoms with Crippen LogP contribution in [-0.4, -0.2) is 31.6 Å². The molecule has 0 unspecified atom stereocenters. The van der Waals surface area contributed by atoms with E-state index in [9.17, 15) is 4.79 Å². The largest absolute Gasteiger partial charge is 0.329 e. The lowest BCUT2D eigenvalue weighted by atomic mass is 10.2. The van der Waals surface area contributed by atoms with E-state index < -0.39 is 0 Å². The highest BCUT2D eigenvalue weighted by molar-refractivity contribution is 7.13. The van der Waals surface area contributed by atoms with Gasteiger partial charge in [-0.15, -0.1) is 16.4 Å². The molecule has 144 valence electrons. The molecular formula is C23H20N4OS. The molecule has 29 heavy (non-hydrogen) atoms. The molecule has 0 N–H and O–H groups in total. The van der Waals surface area contributed by atoms with Gasteiger partial charge < -0.3 is 4.90 Å². The van der Waals surface area contributed by atoms with Gasteiger partial charge in [-0.2, -0.15) is 0 Å². The number of aromatic nitrogens is 3. The SMILES string of the molecule is O=C(c1nc(-c2cccs2)n(-c2ccccc2)n1)N(Cc1ccccc1)C1CC1. The fourth-order valence-electron chi connectivity index (χ4n) is 3.38. The summed E-state index contributed by atoms with van der Waals surface area (Å²) >= 11 is 1.59. The first-order valence-corrected chi connectivity index (χ1v) is 10.6. The summed E-state index contributed by atoms with van der Waals surface area (Å²) in [4.78, 5) is 21.0. The van der Waals surface area contributed by atoms with Gasteiger partial charge in [0.1, 0.15) is 0 Å². The zero-order valence-corrected chi connectivity index (χ0v) is 16.6. The van der Waals surface area contributed by atoms with Crippen LogP contribution < -0.4 is 0 Å². The molecule has 6 heteroatoms. The van der Waals surface area contributed by atoms with Crippen LogP contribution in [0.15, 0.2) is 78.2 Å². The van der Waals surface area contributed by atoms with Crippen molar-refractivity contribution in [1.82, 2.24) is 19.7 Å². The van der Waals surface area contributed by atoms with Crippen molar-refractivity contribution in [3.8, 4) is 16.4 Å². The minimum atomic E-state index is -0.108. The topological polar surface area (TPSA) is 51.0 Å². The average Bonchev–Trinajstić information content (AvgIpc) is 3.27. The van der Waals surface area contributed by atoms with Gasteiger partial charge in [-0.25, -0.2) is 9.67 Å². The number of rotatable bonds is 6. The molecule has 2 aromatic heterocycles. The molecule has 4 aromatic rings. The molecule has 0 atom stereocenters. The standard InChI is InChI=1S/C23H20N4OS/c28-23(26(18-13-14-18)16-17-8-3-1-4-9-17)21-24-22(20-12-7-15-29-20)27(25-21)19-10-5-2-6-11-19/h1-12,15,18H,13-14,16H2. The molecule has 1 fully saturated rings. The highest BCUT2D eigenvalue weighted by atomic mass is 32.1. The Kier molecular flexibility index (Phi) is 4.69. The molecule has 0 saturated heterocycles. The van der Waals surface area contributed by atoms with Gasteiger partial charge in [-0.1, -0.05) is 54.6 Å². The van der Waals surface area contributed by atoms with E-state index in [1.165, 1.54) is 0 Å². The summed E-state index contributed by atoms with van der Waals surface area (Å²) < 4.78 is 1.77. The first kappa shape index (κ1) is 17.8. The lowest BCUT2D eigenvalue weighted by molar-refractivity contribution is 0.0717. The molecule has 5 nitrogen and oxygen atoms in total. The van der Waals surface area contributed by atoms with Gasteiger partial charge in [0.15, 0.2) is 5.82 Å². The predicted molar refractivity (Wildman–Crippen MR) is 114 cm³/mol. The second kappa shape index (κ2) is 7.64. The summed E-state index contributed by atoms with van der Waals surface area (Å²) in [5, 5.41) is 6.64. The quantitative estimate of drug-likeness (QED) is 0.467. The van der Waals surface area contributed by atoms with Crippen molar-refractivity contribution in [2.45, 2.75) is 25.4 Å². The first-order chi connectivity index (χ1) is 14.3.